The van der Waals surface area contributed by atoms with Gasteiger partial charge in [0.1, 0.15) is 11.6 Å². The third-order valence-electron chi connectivity index (χ3n) is 6.29. The van der Waals surface area contributed by atoms with Crippen LogP contribution in [-0.2, 0) is 22.5 Å². The first-order chi connectivity index (χ1) is 17.4. The predicted octanol–water partition coefficient (Wildman–Crippen LogP) is 2.13. The number of nitrogen functional groups attached to an aromatic ring is 1. The number of nitrogens with one attached hydrogen (secondary N) is 1. The fourth-order valence-electron chi connectivity index (χ4n) is 4.58. The summed E-state index contributed by atoms with van der Waals surface area (Å²) >= 11 is 0. The quantitative estimate of drug-likeness (QED) is 0.440. The molecule has 0 spiro atoms. The Kier molecular flexibility index (Phi) is 7.84. The summed E-state index contributed by atoms with van der Waals surface area (Å²) in [6.07, 6.45) is 1.94. The van der Waals surface area contributed by atoms with Crippen molar-refractivity contribution in [1.82, 2.24) is 9.55 Å². The fraction of sp³-hybridized carbons (Fsp3) is 0.346. The van der Waals surface area contributed by atoms with Crippen molar-refractivity contribution in [2.75, 3.05) is 48.9 Å². The summed E-state index contributed by atoms with van der Waals surface area (Å²) in [5.74, 6) is -0.924. The zero-order valence-corrected chi connectivity index (χ0v) is 20.2. The number of carbonyl (C=O) groups is 1. The molecule has 0 saturated heterocycles. The summed E-state index contributed by atoms with van der Waals surface area (Å²) in [5.41, 5.74) is 6.89. The van der Waals surface area contributed by atoms with E-state index in [0.29, 0.717) is 25.3 Å². The Hall–Kier alpha value is -3.92. The van der Waals surface area contributed by atoms with Crippen LogP contribution >= 0.6 is 0 Å². The van der Waals surface area contributed by atoms with Crippen molar-refractivity contribution in [2.45, 2.75) is 25.8 Å². The van der Waals surface area contributed by atoms with Crippen LogP contribution in [0.1, 0.15) is 24.0 Å². The van der Waals surface area contributed by atoms with Crippen molar-refractivity contribution in [2.24, 2.45) is 0 Å². The molecule has 2 aromatic carbocycles. The number of hydrogen-bond donors (Lipinski definition) is 2. The highest BCUT2D eigenvalue weighted by Gasteiger charge is 2.28. The molecule has 3 aromatic rings. The van der Waals surface area contributed by atoms with E-state index in [1.807, 2.05) is 36.4 Å². The molecule has 1 amide bonds. The van der Waals surface area contributed by atoms with Crippen LogP contribution < -0.4 is 26.8 Å². The lowest BCUT2D eigenvalue weighted by Gasteiger charge is -2.33. The minimum Gasteiger partial charge on any atom is -0.385 e. The van der Waals surface area contributed by atoms with Gasteiger partial charge in [0.15, 0.2) is 5.69 Å². The number of para-hydroxylation sites is 1. The van der Waals surface area contributed by atoms with Crippen LogP contribution in [0.4, 0.5) is 21.6 Å². The van der Waals surface area contributed by atoms with Gasteiger partial charge in [0.25, 0.3) is 5.56 Å². The Morgan fingerprint density at radius 1 is 1.17 bits per heavy atom. The predicted molar refractivity (Wildman–Crippen MR) is 137 cm³/mol. The molecule has 10 heteroatoms. The van der Waals surface area contributed by atoms with Crippen LogP contribution in [0.2, 0.25) is 0 Å². The van der Waals surface area contributed by atoms with Crippen LogP contribution in [0.15, 0.2) is 58.1 Å². The Morgan fingerprint density at radius 3 is 2.69 bits per heavy atom. The number of halogens is 1. The van der Waals surface area contributed by atoms with Gasteiger partial charge in [-0.15, -0.1) is 0 Å². The van der Waals surface area contributed by atoms with E-state index in [-0.39, 0.29) is 37.0 Å². The number of nitrogens with zero attached hydrogens (tertiary/aromatic N) is 3. The van der Waals surface area contributed by atoms with E-state index in [1.165, 1.54) is 15.5 Å². The van der Waals surface area contributed by atoms with Crippen LogP contribution in [-0.4, -0.2) is 48.8 Å². The minimum absolute atomic E-state index is 0.0996. The number of hydrogen-bond acceptors (Lipinski definition) is 6. The summed E-state index contributed by atoms with van der Waals surface area (Å²) in [6.45, 7) is 0.983. The lowest BCUT2D eigenvalue weighted by molar-refractivity contribution is -0.117. The van der Waals surface area contributed by atoms with E-state index in [1.54, 1.807) is 18.1 Å². The van der Waals surface area contributed by atoms with E-state index in [0.717, 1.165) is 24.0 Å². The second-order valence-electron chi connectivity index (χ2n) is 8.73. The topological polar surface area (TPSA) is 114 Å². The van der Waals surface area contributed by atoms with Crippen molar-refractivity contribution in [1.29, 1.82) is 0 Å². The minimum atomic E-state index is -0.752. The van der Waals surface area contributed by atoms with Crippen molar-refractivity contribution in [3.63, 3.8) is 0 Å². The standard InChI is InChI=1S/C26H30FN5O4/c1-36-15-7-14-31(21(33)17-30-13-6-11-19-10-5-12-20(27)22(19)30)23-24(28)32(26(35)29-25(23)34)16-18-8-3-2-4-9-18/h2-5,8-10,12H,6-7,11,13-17,28H2,1H3,(H,29,34,35). The third kappa shape index (κ3) is 5.33. The summed E-state index contributed by atoms with van der Waals surface area (Å²) in [5, 5.41) is 0. The summed E-state index contributed by atoms with van der Waals surface area (Å²) < 4.78 is 21.0. The number of amides is 1. The van der Waals surface area contributed by atoms with Crippen LogP contribution in [0.25, 0.3) is 0 Å². The highest BCUT2D eigenvalue weighted by atomic mass is 19.1. The van der Waals surface area contributed by atoms with Crippen molar-refractivity contribution in [3.8, 4) is 0 Å². The van der Waals surface area contributed by atoms with Gasteiger partial charge in [-0.1, -0.05) is 42.5 Å². The number of benzene rings is 2. The molecule has 9 nitrogen and oxygen atoms in total. The van der Waals surface area contributed by atoms with Crippen molar-refractivity contribution < 1.29 is 13.9 Å². The van der Waals surface area contributed by atoms with Crippen LogP contribution in [0.3, 0.4) is 0 Å². The molecule has 3 N–H and O–H groups in total. The second kappa shape index (κ2) is 11.2. The zero-order chi connectivity index (χ0) is 25.7. The Morgan fingerprint density at radius 2 is 1.94 bits per heavy atom. The molecule has 190 valence electrons. The molecule has 0 fully saturated rings. The SMILES string of the molecule is COCCCN(C(=O)CN1CCCc2cccc(F)c21)c1c(N)n(Cc2ccccc2)c(=O)[nH]c1=O. The van der Waals surface area contributed by atoms with Crippen molar-refractivity contribution in [3.05, 3.63) is 86.3 Å². The van der Waals surface area contributed by atoms with Crippen LogP contribution in [0, 0.1) is 5.82 Å². The molecule has 1 aliphatic rings. The van der Waals surface area contributed by atoms with E-state index in [4.69, 9.17) is 10.5 Å². The highest BCUT2D eigenvalue weighted by Crippen LogP contribution is 2.30. The van der Waals surface area contributed by atoms with Gasteiger partial charge < -0.3 is 20.3 Å². The molecule has 0 radical (unpaired) electrons. The van der Waals surface area contributed by atoms with E-state index in [2.05, 4.69) is 4.98 Å². The Bertz CT molecular complexity index is 1340. The molecule has 0 unspecified atom stereocenters. The number of aryl methyl sites for hydroxylation is 1. The molecular formula is C26H30FN5O4. The molecule has 1 aromatic heterocycles. The van der Waals surface area contributed by atoms with Gasteiger partial charge in [0.2, 0.25) is 5.91 Å². The Labute approximate surface area is 207 Å². The number of fused-ring (bicyclic) bond motifs is 1. The molecule has 0 saturated carbocycles. The first kappa shape index (κ1) is 25.2. The van der Waals surface area contributed by atoms with Gasteiger partial charge in [-0.05, 0) is 36.5 Å². The number of H-pyrrole nitrogens is 1. The number of rotatable bonds is 9. The van der Waals surface area contributed by atoms with Gasteiger partial charge >= 0.3 is 5.69 Å². The molecule has 4 rings (SSSR count). The maximum Gasteiger partial charge on any atom is 0.330 e. The van der Waals surface area contributed by atoms with Gasteiger partial charge in [0, 0.05) is 26.8 Å². The lowest BCUT2D eigenvalue weighted by atomic mass is 10.0. The molecule has 2 heterocycles. The van der Waals surface area contributed by atoms with Gasteiger partial charge in [-0.25, -0.2) is 9.18 Å². The Balaban J connectivity index is 1.70. The summed E-state index contributed by atoms with van der Waals surface area (Å²) in [7, 11) is 1.54. The fourth-order valence-corrected chi connectivity index (χ4v) is 4.58. The number of nitrogens with two attached hydrogens (primary N) is 1. The molecule has 36 heavy (non-hydrogen) atoms. The van der Waals surface area contributed by atoms with E-state index in [9.17, 15) is 18.8 Å². The summed E-state index contributed by atoms with van der Waals surface area (Å²) in [4.78, 5) is 44.4. The average molecular weight is 496 g/mol. The number of methoxy groups -OCH3 is 1. The molecular weight excluding hydrogens is 465 g/mol. The number of aromatic nitrogens is 2. The van der Waals surface area contributed by atoms with Gasteiger partial charge in [-0.3, -0.25) is 19.1 Å². The zero-order valence-electron chi connectivity index (χ0n) is 20.2. The van der Waals surface area contributed by atoms with Crippen LogP contribution in [0.5, 0.6) is 0 Å². The van der Waals surface area contributed by atoms with E-state index < -0.39 is 17.2 Å². The molecule has 1 aliphatic heterocycles. The first-order valence-electron chi connectivity index (χ1n) is 11.9. The third-order valence-corrected chi connectivity index (χ3v) is 6.29. The first-order valence-corrected chi connectivity index (χ1v) is 11.9. The largest absolute Gasteiger partial charge is 0.385 e. The summed E-state index contributed by atoms with van der Waals surface area (Å²) in [6, 6.07) is 14.1. The second-order valence-corrected chi connectivity index (χ2v) is 8.73. The van der Waals surface area contributed by atoms with Gasteiger partial charge in [0.05, 0.1) is 18.8 Å². The lowest BCUT2D eigenvalue weighted by Crippen LogP contribution is -2.47. The molecule has 0 atom stereocenters. The monoisotopic (exact) mass is 495 g/mol. The number of anilines is 3. The maximum atomic E-state index is 14.7. The molecule has 0 aliphatic carbocycles. The smallest absolute Gasteiger partial charge is 0.330 e. The number of aromatic amines is 1. The number of carbonyl (C=O) groups excluding carboxylic acids is 1. The van der Waals surface area contributed by atoms with Crippen molar-refractivity contribution >= 4 is 23.1 Å². The number of ether oxygens (including phenoxy) is 1. The highest BCUT2D eigenvalue weighted by molar-refractivity contribution is 5.98. The average Bonchev–Trinajstić information content (AvgIpc) is 2.86. The normalized spacial score (nSPS) is 12.9. The van der Waals surface area contributed by atoms with E-state index >= 15 is 0 Å². The molecule has 0 bridgehead atoms. The van der Waals surface area contributed by atoms with Gasteiger partial charge in [-0.2, -0.15) is 0 Å². The maximum absolute atomic E-state index is 14.7.